The number of nitrogens with zero attached hydrogens (tertiary/aromatic N) is 4. The minimum atomic E-state index is -3.15. The highest BCUT2D eigenvalue weighted by molar-refractivity contribution is 7.90. The molecule has 0 spiro atoms. The first kappa shape index (κ1) is 16.0. The second kappa shape index (κ2) is 6.12. The lowest BCUT2D eigenvalue weighted by molar-refractivity contribution is 0.0584. The van der Waals surface area contributed by atoms with Gasteiger partial charge in [-0.05, 0) is 12.8 Å². The summed E-state index contributed by atoms with van der Waals surface area (Å²) in [7, 11) is -1.58. The normalized spacial score (nSPS) is 28.5. The maximum atomic E-state index is 12.5. The predicted octanol–water partition coefficient (Wildman–Crippen LogP) is 0.114. The van der Waals surface area contributed by atoms with E-state index in [2.05, 4.69) is 14.9 Å². The molecule has 0 unspecified atom stereocenters. The van der Waals surface area contributed by atoms with Gasteiger partial charge in [-0.15, -0.1) is 0 Å². The molecule has 0 N–H and O–H groups in total. The number of hydrogen-bond acceptors (Lipinski definition) is 7. The zero-order valence-electron chi connectivity index (χ0n) is 13.7. The molecule has 4 rings (SSSR count). The number of methoxy groups -OCH3 is 1. The number of fused-ring (bicyclic) bond motifs is 1. The molecule has 3 aliphatic rings. The Hall–Kier alpha value is -1.45. The van der Waals surface area contributed by atoms with Gasteiger partial charge in [0.05, 0.1) is 25.1 Å². The number of sulfonamides is 1. The lowest BCUT2D eigenvalue weighted by Gasteiger charge is -2.23. The van der Waals surface area contributed by atoms with E-state index in [-0.39, 0.29) is 17.3 Å². The Morgan fingerprint density at radius 3 is 2.83 bits per heavy atom. The standard InChI is InChI=1S/C15H22N4O4S/c1-22-15-6-14(16-10-17-15)18-7-11-8-19(4-5-23-13(11)9-18)24(20,21)12-2-3-12/h6,10-13H,2-5,7-9H2,1H3/t11-,13-/m0/s1. The second-order valence-corrected chi connectivity index (χ2v) is 8.81. The Kier molecular flexibility index (Phi) is 4.09. The maximum Gasteiger partial charge on any atom is 0.218 e. The molecule has 3 fully saturated rings. The molecular weight excluding hydrogens is 332 g/mol. The highest BCUT2D eigenvalue weighted by Crippen LogP contribution is 2.34. The molecule has 3 heterocycles. The summed E-state index contributed by atoms with van der Waals surface area (Å²) in [6.45, 7) is 2.88. The lowest BCUT2D eigenvalue weighted by Crippen LogP contribution is -2.39. The lowest BCUT2D eigenvalue weighted by atomic mass is 10.1. The van der Waals surface area contributed by atoms with E-state index in [1.807, 2.05) is 0 Å². The zero-order chi connectivity index (χ0) is 16.7. The Morgan fingerprint density at radius 1 is 1.25 bits per heavy atom. The van der Waals surface area contributed by atoms with Crippen molar-refractivity contribution in [3.05, 3.63) is 12.4 Å². The van der Waals surface area contributed by atoms with E-state index in [1.165, 1.54) is 6.33 Å². The molecule has 1 aliphatic carbocycles. The van der Waals surface area contributed by atoms with Crippen LogP contribution in [0.25, 0.3) is 0 Å². The summed E-state index contributed by atoms with van der Waals surface area (Å²) < 4.78 is 37.8. The van der Waals surface area contributed by atoms with Gasteiger partial charge in [0, 0.05) is 38.2 Å². The Morgan fingerprint density at radius 2 is 2.08 bits per heavy atom. The van der Waals surface area contributed by atoms with Crippen molar-refractivity contribution in [3.8, 4) is 5.88 Å². The summed E-state index contributed by atoms with van der Waals surface area (Å²) in [4.78, 5) is 10.4. The summed E-state index contributed by atoms with van der Waals surface area (Å²) in [5.74, 6) is 1.46. The van der Waals surface area contributed by atoms with E-state index >= 15 is 0 Å². The van der Waals surface area contributed by atoms with E-state index in [1.54, 1.807) is 17.5 Å². The minimum absolute atomic E-state index is 0.0327. The van der Waals surface area contributed by atoms with Crippen molar-refractivity contribution in [1.29, 1.82) is 0 Å². The highest BCUT2D eigenvalue weighted by Gasteiger charge is 2.44. The third-order valence-corrected chi connectivity index (χ3v) is 7.32. The second-order valence-electron chi connectivity index (χ2n) is 6.60. The van der Waals surface area contributed by atoms with Crippen molar-refractivity contribution in [1.82, 2.24) is 14.3 Å². The average Bonchev–Trinajstić information content (AvgIpc) is 3.40. The first-order valence-corrected chi connectivity index (χ1v) is 9.80. The molecule has 24 heavy (non-hydrogen) atoms. The quantitative estimate of drug-likeness (QED) is 0.759. The van der Waals surface area contributed by atoms with E-state index in [9.17, 15) is 8.42 Å². The molecule has 1 aromatic rings. The van der Waals surface area contributed by atoms with Crippen molar-refractivity contribution >= 4 is 15.8 Å². The molecule has 0 radical (unpaired) electrons. The number of hydrogen-bond donors (Lipinski definition) is 0. The van der Waals surface area contributed by atoms with Crippen LogP contribution in [0.15, 0.2) is 12.4 Å². The molecular formula is C15H22N4O4S. The monoisotopic (exact) mass is 354 g/mol. The van der Waals surface area contributed by atoms with Gasteiger partial charge in [0.2, 0.25) is 15.9 Å². The van der Waals surface area contributed by atoms with Gasteiger partial charge in [-0.3, -0.25) is 0 Å². The van der Waals surface area contributed by atoms with Crippen molar-refractivity contribution in [2.24, 2.45) is 5.92 Å². The van der Waals surface area contributed by atoms with Gasteiger partial charge in [0.1, 0.15) is 12.1 Å². The third kappa shape index (κ3) is 2.96. The molecule has 0 bridgehead atoms. The molecule has 1 aromatic heterocycles. The molecule has 9 heteroatoms. The average molecular weight is 354 g/mol. The van der Waals surface area contributed by atoms with Crippen molar-refractivity contribution in [2.45, 2.75) is 24.2 Å². The van der Waals surface area contributed by atoms with Gasteiger partial charge in [-0.25, -0.2) is 18.4 Å². The van der Waals surface area contributed by atoms with E-state index in [0.29, 0.717) is 32.1 Å². The van der Waals surface area contributed by atoms with Gasteiger partial charge in [0.15, 0.2) is 0 Å². The number of aromatic nitrogens is 2. The van der Waals surface area contributed by atoms with Crippen LogP contribution in [-0.4, -0.2) is 73.9 Å². The SMILES string of the molecule is COc1cc(N2C[C@H]3CN(S(=O)(=O)C4CC4)CCO[C@H]3C2)ncn1. The topological polar surface area (TPSA) is 84.9 Å². The van der Waals surface area contributed by atoms with Crippen LogP contribution in [-0.2, 0) is 14.8 Å². The van der Waals surface area contributed by atoms with Crippen LogP contribution in [0.5, 0.6) is 5.88 Å². The molecule has 1 saturated carbocycles. The Bertz CT molecular complexity index is 709. The highest BCUT2D eigenvalue weighted by atomic mass is 32.2. The van der Waals surface area contributed by atoms with Gasteiger partial charge in [0.25, 0.3) is 0 Å². The van der Waals surface area contributed by atoms with Gasteiger partial charge in [-0.1, -0.05) is 0 Å². The predicted molar refractivity (Wildman–Crippen MR) is 87.5 cm³/mol. The zero-order valence-corrected chi connectivity index (χ0v) is 14.5. The van der Waals surface area contributed by atoms with E-state index in [4.69, 9.17) is 9.47 Å². The summed E-state index contributed by atoms with van der Waals surface area (Å²) in [5.41, 5.74) is 0. The van der Waals surface area contributed by atoms with Crippen LogP contribution in [0.1, 0.15) is 12.8 Å². The summed E-state index contributed by atoms with van der Waals surface area (Å²) in [6.07, 6.45) is 3.10. The minimum Gasteiger partial charge on any atom is -0.481 e. The third-order valence-electron chi connectivity index (χ3n) is 4.96. The smallest absolute Gasteiger partial charge is 0.218 e. The first-order chi connectivity index (χ1) is 11.6. The van der Waals surface area contributed by atoms with Gasteiger partial charge >= 0.3 is 0 Å². The summed E-state index contributed by atoms with van der Waals surface area (Å²) in [5, 5.41) is -0.169. The molecule has 2 aliphatic heterocycles. The largest absolute Gasteiger partial charge is 0.481 e. The fraction of sp³-hybridized carbons (Fsp3) is 0.733. The number of rotatable bonds is 4. The van der Waals surface area contributed by atoms with Crippen molar-refractivity contribution < 1.29 is 17.9 Å². The molecule has 2 saturated heterocycles. The fourth-order valence-electron chi connectivity index (χ4n) is 3.47. The number of anilines is 1. The van der Waals surface area contributed by atoms with Crippen LogP contribution in [0.4, 0.5) is 5.82 Å². The summed E-state index contributed by atoms with van der Waals surface area (Å²) >= 11 is 0. The molecule has 0 amide bonds. The van der Waals surface area contributed by atoms with Gasteiger partial charge < -0.3 is 14.4 Å². The number of ether oxygens (including phenoxy) is 2. The molecule has 8 nitrogen and oxygen atoms in total. The van der Waals surface area contributed by atoms with E-state index < -0.39 is 10.0 Å². The maximum absolute atomic E-state index is 12.5. The molecule has 0 aromatic carbocycles. The Labute approximate surface area is 141 Å². The van der Waals surface area contributed by atoms with Gasteiger partial charge in [-0.2, -0.15) is 4.31 Å². The van der Waals surface area contributed by atoms with Crippen molar-refractivity contribution in [2.75, 3.05) is 44.8 Å². The van der Waals surface area contributed by atoms with Crippen LogP contribution in [0.3, 0.4) is 0 Å². The first-order valence-electron chi connectivity index (χ1n) is 8.29. The van der Waals surface area contributed by atoms with Crippen molar-refractivity contribution in [3.63, 3.8) is 0 Å². The molecule has 132 valence electrons. The van der Waals surface area contributed by atoms with Crippen LogP contribution < -0.4 is 9.64 Å². The Balaban J connectivity index is 1.49. The fourth-order valence-corrected chi connectivity index (χ4v) is 5.36. The molecule has 2 atom stereocenters. The summed E-state index contributed by atoms with van der Waals surface area (Å²) in [6, 6.07) is 1.80. The van der Waals surface area contributed by atoms with Crippen LogP contribution in [0.2, 0.25) is 0 Å². The van der Waals surface area contributed by atoms with E-state index in [0.717, 1.165) is 25.2 Å². The van der Waals surface area contributed by atoms with Crippen LogP contribution in [0, 0.1) is 5.92 Å². The van der Waals surface area contributed by atoms with Crippen LogP contribution >= 0.6 is 0 Å².